The number of nitrogens with one attached hydrogen (secondary N) is 1. The lowest BCUT2D eigenvalue weighted by atomic mass is 10.1. The van der Waals surface area contributed by atoms with Crippen molar-refractivity contribution in [3.8, 4) is 6.07 Å². The summed E-state index contributed by atoms with van der Waals surface area (Å²) in [6, 6.07) is 9.94. The minimum atomic E-state index is 0.224. The summed E-state index contributed by atoms with van der Waals surface area (Å²) in [5.41, 5.74) is 8.86. The first-order valence-electron chi connectivity index (χ1n) is 7.72. The quantitative estimate of drug-likeness (QED) is 0.728. The van der Waals surface area contributed by atoms with Gasteiger partial charge in [0.15, 0.2) is 11.5 Å². The number of nitrogens with zero attached hydrogens (tertiary/aromatic N) is 6. The molecule has 4 rings (SSSR count). The Morgan fingerprint density at radius 1 is 1.08 bits per heavy atom. The molecule has 1 saturated heterocycles. The van der Waals surface area contributed by atoms with Gasteiger partial charge in [-0.1, -0.05) is 12.1 Å². The van der Waals surface area contributed by atoms with Gasteiger partial charge >= 0.3 is 0 Å². The molecule has 1 fully saturated rings. The summed E-state index contributed by atoms with van der Waals surface area (Å²) in [6.45, 7) is 3.17. The summed E-state index contributed by atoms with van der Waals surface area (Å²) in [5.74, 6) is 1.00. The molecule has 1 aliphatic heterocycles. The number of nitrogens with two attached hydrogens (primary N) is 1. The van der Waals surface area contributed by atoms with Crippen LogP contribution in [0.5, 0.6) is 0 Å². The molecule has 8 heteroatoms. The molecular formula is C16H16N8. The SMILES string of the molecule is N#Cc1ccccc1N1CCN(c2nc(N)nc3nc[nH]c23)CC1. The van der Waals surface area contributed by atoms with Crippen molar-refractivity contribution in [1.29, 1.82) is 5.26 Å². The maximum Gasteiger partial charge on any atom is 0.224 e. The molecule has 0 aliphatic carbocycles. The number of para-hydroxylation sites is 1. The summed E-state index contributed by atoms with van der Waals surface area (Å²) >= 11 is 0. The molecule has 24 heavy (non-hydrogen) atoms. The van der Waals surface area contributed by atoms with Gasteiger partial charge in [-0.2, -0.15) is 15.2 Å². The molecule has 0 spiro atoms. The van der Waals surface area contributed by atoms with E-state index in [0.717, 1.165) is 43.2 Å². The average Bonchev–Trinajstić information content (AvgIpc) is 3.09. The number of benzene rings is 1. The number of fused-ring (bicyclic) bond motifs is 1. The Balaban J connectivity index is 1.58. The molecule has 8 nitrogen and oxygen atoms in total. The third-order valence-electron chi connectivity index (χ3n) is 4.23. The van der Waals surface area contributed by atoms with E-state index in [2.05, 4.69) is 35.8 Å². The number of anilines is 3. The Hall–Kier alpha value is -3.34. The van der Waals surface area contributed by atoms with Crippen molar-refractivity contribution < 1.29 is 0 Å². The normalized spacial score (nSPS) is 14.8. The van der Waals surface area contributed by atoms with Crippen molar-refractivity contribution in [3.63, 3.8) is 0 Å². The molecule has 3 heterocycles. The zero-order chi connectivity index (χ0) is 16.5. The number of aromatic nitrogens is 4. The Labute approximate surface area is 138 Å². The maximum atomic E-state index is 9.28. The van der Waals surface area contributed by atoms with E-state index in [4.69, 9.17) is 5.73 Å². The van der Waals surface area contributed by atoms with Crippen LogP contribution in [0, 0.1) is 11.3 Å². The molecular weight excluding hydrogens is 304 g/mol. The Bertz CT molecular complexity index is 917. The van der Waals surface area contributed by atoms with Gasteiger partial charge in [-0.05, 0) is 12.1 Å². The highest BCUT2D eigenvalue weighted by molar-refractivity contribution is 5.84. The van der Waals surface area contributed by atoms with Crippen molar-refractivity contribution in [2.45, 2.75) is 0 Å². The van der Waals surface area contributed by atoms with E-state index in [9.17, 15) is 5.26 Å². The van der Waals surface area contributed by atoms with Crippen LogP contribution in [-0.2, 0) is 0 Å². The molecule has 2 aromatic heterocycles. The molecule has 1 aromatic carbocycles. The number of hydrogen-bond donors (Lipinski definition) is 2. The zero-order valence-electron chi connectivity index (χ0n) is 13.0. The van der Waals surface area contributed by atoms with Crippen LogP contribution in [0.4, 0.5) is 17.5 Å². The largest absolute Gasteiger partial charge is 0.368 e. The molecule has 0 bridgehead atoms. The average molecular weight is 320 g/mol. The second-order valence-corrected chi connectivity index (χ2v) is 5.61. The van der Waals surface area contributed by atoms with Crippen LogP contribution < -0.4 is 15.5 Å². The zero-order valence-corrected chi connectivity index (χ0v) is 13.0. The van der Waals surface area contributed by atoms with Crippen molar-refractivity contribution in [2.75, 3.05) is 41.7 Å². The molecule has 0 radical (unpaired) electrons. The number of nitriles is 1. The molecule has 3 aromatic rings. The van der Waals surface area contributed by atoms with Crippen LogP contribution in [0.1, 0.15) is 5.56 Å². The van der Waals surface area contributed by atoms with E-state index < -0.39 is 0 Å². The van der Waals surface area contributed by atoms with Crippen LogP contribution in [0.3, 0.4) is 0 Å². The lowest BCUT2D eigenvalue weighted by Crippen LogP contribution is -2.47. The third kappa shape index (κ3) is 2.36. The predicted molar refractivity (Wildman–Crippen MR) is 91.7 cm³/mol. The van der Waals surface area contributed by atoms with E-state index >= 15 is 0 Å². The van der Waals surface area contributed by atoms with Gasteiger partial charge in [-0.15, -0.1) is 0 Å². The number of rotatable bonds is 2. The van der Waals surface area contributed by atoms with Gasteiger partial charge in [0.05, 0.1) is 17.6 Å². The third-order valence-corrected chi connectivity index (χ3v) is 4.23. The van der Waals surface area contributed by atoms with Crippen molar-refractivity contribution in [3.05, 3.63) is 36.2 Å². The number of H-pyrrole nitrogens is 1. The predicted octanol–water partition coefficient (Wildman–Crippen LogP) is 1.13. The highest BCUT2D eigenvalue weighted by Crippen LogP contribution is 2.26. The Morgan fingerprint density at radius 2 is 1.83 bits per heavy atom. The first kappa shape index (κ1) is 14.3. The van der Waals surface area contributed by atoms with E-state index in [1.165, 1.54) is 0 Å². The monoisotopic (exact) mass is 320 g/mol. The van der Waals surface area contributed by atoms with Crippen LogP contribution in [-0.4, -0.2) is 46.1 Å². The Kier molecular flexibility index (Phi) is 3.39. The maximum absolute atomic E-state index is 9.28. The topological polar surface area (TPSA) is 111 Å². The summed E-state index contributed by atoms with van der Waals surface area (Å²) in [7, 11) is 0. The van der Waals surface area contributed by atoms with Gasteiger partial charge in [0, 0.05) is 26.2 Å². The highest BCUT2D eigenvalue weighted by atomic mass is 15.3. The van der Waals surface area contributed by atoms with Crippen LogP contribution in [0.15, 0.2) is 30.6 Å². The van der Waals surface area contributed by atoms with Crippen LogP contribution in [0.25, 0.3) is 11.2 Å². The number of piperazine rings is 1. The van der Waals surface area contributed by atoms with Gasteiger partial charge in [0.1, 0.15) is 11.6 Å². The van der Waals surface area contributed by atoms with Crippen LogP contribution in [0.2, 0.25) is 0 Å². The van der Waals surface area contributed by atoms with Gasteiger partial charge < -0.3 is 20.5 Å². The van der Waals surface area contributed by atoms with Gasteiger partial charge in [-0.25, -0.2) is 4.98 Å². The fraction of sp³-hybridized carbons (Fsp3) is 0.250. The number of aromatic amines is 1. The lowest BCUT2D eigenvalue weighted by Gasteiger charge is -2.37. The smallest absolute Gasteiger partial charge is 0.224 e. The van der Waals surface area contributed by atoms with Gasteiger partial charge in [0.25, 0.3) is 0 Å². The van der Waals surface area contributed by atoms with E-state index in [1.54, 1.807) is 6.33 Å². The molecule has 3 N–H and O–H groups in total. The second-order valence-electron chi connectivity index (χ2n) is 5.61. The molecule has 1 aliphatic rings. The summed E-state index contributed by atoms with van der Waals surface area (Å²) in [4.78, 5) is 20.1. The fourth-order valence-electron chi connectivity index (χ4n) is 3.07. The fourth-order valence-corrected chi connectivity index (χ4v) is 3.07. The van der Waals surface area contributed by atoms with Crippen molar-refractivity contribution in [2.24, 2.45) is 0 Å². The number of hydrogen-bond acceptors (Lipinski definition) is 7. The molecule has 0 amide bonds. The minimum Gasteiger partial charge on any atom is -0.368 e. The van der Waals surface area contributed by atoms with Gasteiger partial charge in [-0.3, -0.25) is 0 Å². The van der Waals surface area contributed by atoms with E-state index in [-0.39, 0.29) is 5.95 Å². The van der Waals surface area contributed by atoms with E-state index in [0.29, 0.717) is 11.2 Å². The first-order valence-corrected chi connectivity index (χ1v) is 7.72. The second kappa shape index (κ2) is 5.70. The standard InChI is InChI=1S/C16H16N8/c17-9-11-3-1-2-4-12(11)23-5-7-24(8-6-23)15-13-14(20-10-19-13)21-16(18)22-15/h1-4,10H,5-8H2,(H3,18,19,20,21,22). The molecule has 0 atom stereocenters. The summed E-state index contributed by atoms with van der Waals surface area (Å²) in [6.07, 6.45) is 1.60. The summed E-state index contributed by atoms with van der Waals surface area (Å²) < 4.78 is 0. The first-order chi connectivity index (χ1) is 11.8. The van der Waals surface area contributed by atoms with Crippen molar-refractivity contribution in [1.82, 2.24) is 19.9 Å². The molecule has 120 valence electrons. The number of nitrogen functional groups attached to an aromatic ring is 1. The molecule has 0 unspecified atom stereocenters. The summed E-state index contributed by atoms with van der Waals surface area (Å²) in [5, 5.41) is 9.28. The van der Waals surface area contributed by atoms with Crippen LogP contribution >= 0.6 is 0 Å². The lowest BCUT2D eigenvalue weighted by molar-refractivity contribution is 0.648. The van der Waals surface area contributed by atoms with Gasteiger partial charge in [0.2, 0.25) is 5.95 Å². The van der Waals surface area contributed by atoms with E-state index in [1.807, 2.05) is 24.3 Å². The number of imidazole rings is 1. The Morgan fingerprint density at radius 3 is 2.62 bits per heavy atom. The van der Waals surface area contributed by atoms with Crippen molar-refractivity contribution >= 4 is 28.6 Å². The minimum absolute atomic E-state index is 0.224. The highest BCUT2D eigenvalue weighted by Gasteiger charge is 2.22. The molecule has 0 saturated carbocycles.